The summed E-state index contributed by atoms with van der Waals surface area (Å²) >= 11 is 0. The molecule has 0 amide bonds. The highest BCUT2D eigenvalue weighted by Crippen LogP contribution is 2.62. The first-order chi connectivity index (χ1) is 33.1. The number of ether oxygens (including phenoxy) is 2. The highest BCUT2D eigenvalue weighted by Gasteiger charge is 2.57. The van der Waals surface area contributed by atoms with Crippen LogP contribution < -0.4 is 25.9 Å². The molecule has 5 heterocycles. The van der Waals surface area contributed by atoms with E-state index in [4.69, 9.17) is 9.47 Å². The van der Waals surface area contributed by atoms with Crippen molar-refractivity contribution in [3.05, 3.63) is 145 Å². The first-order valence-corrected chi connectivity index (χ1v) is 26.1. The first kappa shape index (κ1) is 42.7. The number of aryl methyl sites for hydroxylation is 8. The molecule has 5 aliphatic rings. The molecule has 3 aliphatic heterocycles. The summed E-state index contributed by atoms with van der Waals surface area (Å²) < 4.78 is 20.9. The van der Waals surface area contributed by atoms with Crippen LogP contribution in [0.2, 0.25) is 0 Å². The number of hydrogen-bond donors (Lipinski definition) is 0. The zero-order chi connectivity index (χ0) is 48.8. The molecule has 70 heavy (non-hydrogen) atoms. The molecule has 0 spiro atoms. The number of nitrogens with zero attached hydrogens (tertiary/aromatic N) is 2. The van der Waals surface area contributed by atoms with Crippen molar-refractivity contribution in [1.29, 1.82) is 0 Å². The minimum absolute atomic E-state index is 0.0334. The number of hydrogen-bond acceptors (Lipinski definition) is 2. The maximum atomic E-state index is 7.85. The third-order valence-electron chi connectivity index (χ3n) is 18.7. The summed E-state index contributed by atoms with van der Waals surface area (Å²) in [7, 11) is 0. The van der Waals surface area contributed by atoms with Crippen molar-refractivity contribution in [3.63, 3.8) is 0 Å². The summed E-state index contributed by atoms with van der Waals surface area (Å²) in [6.07, 6.45) is 4.59. The van der Waals surface area contributed by atoms with E-state index in [-0.39, 0.29) is 23.0 Å². The molecule has 14 rings (SSSR count). The molecular formula is C65H65BN2O2. The van der Waals surface area contributed by atoms with E-state index >= 15 is 0 Å². The average Bonchev–Trinajstić information content (AvgIpc) is 3.79. The van der Waals surface area contributed by atoms with E-state index in [9.17, 15) is 0 Å². The van der Waals surface area contributed by atoms with Crippen molar-refractivity contribution in [3.8, 4) is 34.4 Å². The lowest BCUT2D eigenvalue weighted by Gasteiger charge is -2.54. The zero-order valence-electron chi connectivity index (χ0n) is 44.0. The Labute approximate surface area is 414 Å². The van der Waals surface area contributed by atoms with Gasteiger partial charge in [0, 0.05) is 55.7 Å². The van der Waals surface area contributed by atoms with Gasteiger partial charge in [-0.15, -0.1) is 0 Å². The van der Waals surface area contributed by atoms with Crippen LogP contribution >= 0.6 is 0 Å². The van der Waals surface area contributed by atoms with Crippen LogP contribution in [0.5, 0.6) is 23.0 Å². The Balaban J connectivity index is 1.15. The monoisotopic (exact) mass is 917 g/mol. The molecule has 0 bridgehead atoms. The summed E-state index contributed by atoms with van der Waals surface area (Å²) in [4.78, 5) is 0. The van der Waals surface area contributed by atoms with E-state index in [2.05, 4.69) is 186 Å². The third-order valence-corrected chi connectivity index (χ3v) is 18.7. The molecule has 2 aromatic heterocycles. The van der Waals surface area contributed by atoms with Crippen molar-refractivity contribution in [2.45, 2.75) is 151 Å². The minimum atomic E-state index is -0.427. The Kier molecular flexibility index (Phi) is 8.05. The van der Waals surface area contributed by atoms with Crippen LogP contribution in [-0.4, -0.2) is 15.8 Å². The van der Waals surface area contributed by atoms with Gasteiger partial charge in [-0.1, -0.05) is 95.0 Å². The predicted molar refractivity (Wildman–Crippen MR) is 295 cm³/mol. The van der Waals surface area contributed by atoms with Crippen LogP contribution in [0.15, 0.2) is 72.8 Å². The molecule has 0 N–H and O–H groups in total. The molecule has 9 aromatic rings. The maximum absolute atomic E-state index is 7.85. The van der Waals surface area contributed by atoms with Gasteiger partial charge in [0.15, 0.2) is 0 Å². The zero-order valence-corrected chi connectivity index (χ0v) is 44.0. The second-order valence-corrected chi connectivity index (χ2v) is 25.2. The van der Waals surface area contributed by atoms with Gasteiger partial charge >= 0.3 is 0 Å². The predicted octanol–water partition coefficient (Wildman–Crippen LogP) is 15.1. The normalized spacial score (nSPS) is 18.1. The fraction of sp³-hybridized carbons (Fsp3) is 0.354. The van der Waals surface area contributed by atoms with Crippen LogP contribution in [-0.2, 0) is 21.7 Å². The lowest BCUT2D eigenvalue weighted by molar-refractivity contribution is 0.233. The van der Waals surface area contributed by atoms with Gasteiger partial charge in [-0.2, -0.15) is 0 Å². The Bertz CT molecular complexity index is 3600. The van der Waals surface area contributed by atoms with Crippen LogP contribution in [0.4, 0.5) is 0 Å². The largest absolute Gasteiger partial charge is 0.458 e. The van der Waals surface area contributed by atoms with Gasteiger partial charge in [-0.25, -0.2) is 0 Å². The fourth-order valence-corrected chi connectivity index (χ4v) is 15.6. The van der Waals surface area contributed by atoms with Crippen LogP contribution in [0.1, 0.15) is 146 Å². The Morgan fingerprint density at radius 1 is 0.400 bits per heavy atom. The number of fused-ring (bicyclic) bond motifs is 8. The lowest BCUT2D eigenvalue weighted by Crippen LogP contribution is -2.65. The summed E-state index contributed by atoms with van der Waals surface area (Å²) in [5, 5.41) is 5.25. The quantitative estimate of drug-likeness (QED) is 0.162. The van der Waals surface area contributed by atoms with E-state index < -0.39 is 5.41 Å². The maximum Gasteiger partial charge on any atom is 0.261 e. The third kappa shape index (κ3) is 5.19. The van der Waals surface area contributed by atoms with E-state index in [1.807, 2.05) is 0 Å². The fourth-order valence-electron chi connectivity index (χ4n) is 15.6. The average molecular weight is 917 g/mol. The second kappa shape index (κ2) is 13.2. The number of rotatable bonds is 2. The number of aromatic nitrogens is 2. The van der Waals surface area contributed by atoms with Crippen molar-refractivity contribution in [1.82, 2.24) is 9.13 Å². The van der Waals surface area contributed by atoms with Crippen molar-refractivity contribution >= 4 is 66.7 Å². The summed E-state index contributed by atoms with van der Waals surface area (Å²) in [6.45, 7) is 35.5. The summed E-state index contributed by atoms with van der Waals surface area (Å²) in [5.74, 6) is 4.10. The van der Waals surface area contributed by atoms with Crippen molar-refractivity contribution in [2.24, 2.45) is 0 Å². The molecule has 0 fully saturated rings. The number of benzene rings is 7. The molecule has 0 unspecified atom stereocenters. The first-order valence-electron chi connectivity index (χ1n) is 26.1. The van der Waals surface area contributed by atoms with Gasteiger partial charge in [0.2, 0.25) is 0 Å². The molecule has 0 saturated heterocycles. The molecule has 0 atom stereocenters. The van der Waals surface area contributed by atoms with E-state index in [0.29, 0.717) is 0 Å². The molecule has 7 aromatic carbocycles. The van der Waals surface area contributed by atoms with Gasteiger partial charge < -0.3 is 18.6 Å². The summed E-state index contributed by atoms with van der Waals surface area (Å²) in [5.41, 5.74) is 28.0. The van der Waals surface area contributed by atoms with Crippen LogP contribution in [0.3, 0.4) is 0 Å². The standard InChI is InChI=1S/C65H65BN2O2/c1-32-20-36(5)56-42(24-32)43-25-33(2)21-37(6)57(43)67(56)40-28-46-53-48(30-40)69-60-51-50-52(63(11,12)17-19-65(50,15)18-16-62(51,9)10)61-55(60)66(53)54-47(64(46,13)14)29-41(31-49(54)70-61)68-58-38(7)22-34(3)26-44(58)45-27-35(4)23-39(8)59(45)68/h20-31H,16-19H2,1-15H3. The minimum Gasteiger partial charge on any atom is -0.458 e. The SMILES string of the molecule is Cc1cc(C)c2c(c1)c1cc(C)cc(C)c1n2-c1cc2c3c(c1)C(C)(C)c1cc(-n4c5c(C)cc(C)cc5c5cc(C)cc(C)c54)cc4c1B3c1c(c3c5c(c1O4)C(C)(C)CCC5(C)CCC3(C)C)O2. The lowest BCUT2D eigenvalue weighted by atomic mass is 9.29. The van der Waals surface area contributed by atoms with Gasteiger partial charge in [0.1, 0.15) is 23.0 Å². The molecule has 0 radical (unpaired) electrons. The van der Waals surface area contributed by atoms with Gasteiger partial charge in [0.05, 0.1) is 33.4 Å². The van der Waals surface area contributed by atoms with Gasteiger partial charge in [-0.3, -0.25) is 0 Å². The van der Waals surface area contributed by atoms with Gasteiger partial charge in [-0.05, 0) is 184 Å². The molecule has 350 valence electrons. The Hall–Kier alpha value is -6.20. The topological polar surface area (TPSA) is 28.3 Å². The Morgan fingerprint density at radius 2 is 0.743 bits per heavy atom. The molecule has 0 saturated carbocycles. The van der Waals surface area contributed by atoms with Crippen LogP contribution in [0, 0.1) is 55.4 Å². The summed E-state index contributed by atoms with van der Waals surface area (Å²) in [6, 6.07) is 29.0. The van der Waals surface area contributed by atoms with E-state index in [1.54, 1.807) is 0 Å². The molecule has 4 nitrogen and oxygen atoms in total. The van der Waals surface area contributed by atoms with Crippen LogP contribution in [0.25, 0.3) is 55.0 Å². The van der Waals surface area contributed by atoms with E-state index in [1.165, 1.54) is 145 Å². The molecule has 5 heteroatoms. The molecule has 2 aliphatic carbocycles. The van der Waals surface area contributed by atoms with E-state index in [0.717, 1.165) is 47.2 Å². The van der Waals surface area contributed by atoms with Crippen molar-refractivity contribution in [2.75, 3.05) is 0 Å². The highest BCUT2D eigenvalue weighted by molar-refractivity contribution is 6.99. The van der Waals surface area contributed by atoms with Crippen molar-refractivity contribution < 1.29 is 9.47 Å². The highest BCUT2D eigenvalue weighted by atomic mass is 16.5. The van der Waals surface area contributed by atoms with Gasteiger partial charge in [0.25, 0.3) is 6.71 Å². The Morgan fingerprint density at radius 3 is 1.09 bits per heavy atom. The smallest absolute Gasteiger partial charge is 0.261 e. The second-order valence-electron chi connectivity index (χ2n) is 25.2. The molecular weight excluding hydrogens is 852 g/mol.